The third kappa shape index (κ3) is 1.08. The van der Waals surface area contributed by atoms with Crippen LogP contribution >= 0.6 is 12.2 Å². The van der Waals surface area contributed by atoms with E-state index >= 15 is 0 Å². The lowest BCUT2D eigenvalue weighted by Gasteiger charge is -1.74. The Hall–Kier alpha value is -0.700. The number of aromatic nitrogens is 1. The minimum Gasteiger partial charge on any atom is -0.438 e. The first-order chi connectivity index (χ1) is 3.39. The monoisotopic (exact) mass is 113 g/mol. The van der Waals surface area contributed by atoms with Crippen molar-refractivity contribution in [3.8, 4) is 0 Å². The molecule has 1 rings (SSSR count). The van der Waals surface area contributed by atoms with Crippen molar-refractivity contribution in [2.75, 3.05) is 0 Å². The molecule has 3 heteroatoms. The zero-order valence-electron chi connectivity index (χ0n) is 3.50. The smallest absolute Gasteiger partial charge is 0.288 e. The molecule has 0 fully saturated rings. The predicted molar refractivity (Wildman–Crippen MR) is 27.3 cm³/mol. The van der Waals surface area contributed by atoms with Gasteiger partial charge in [-0.05, 0) is 18.3 Å². The second-order valence-corrected chi connectivity index (χ2v) is 1.34. The molecule has 0 saturated carbocycles. The van der Waals surface area contributed by atoms with Gasteiger partial charge in [-0.15, -0.1) is 0 Å². The van der Waals surface area contributed by atoms with Gasteiger partial charge in [0.05, 0.1) is 6.26 Å². The van der Waals surface area contributed by atoms with Crippen LogP contribution in [0.3, 0.4) is 0 Å². The fourth-order valence-corrected chi connectivity index (χ4v) is 0.383. The van der Waals surface area contributed by atoms with Crippen molar-refractivity contribution in [1.29, 1.82) is 0 Å². The van der Waals surface area contributed by atoms with Gasteiger partial charge in [0.25, 0.3) is 4.84 Å². The largest absolute Gasteiger partial charge is 0.438 e. The molecule has 0 amide bonds. The van der Waals surface area contributed by atoms with E-state index in [4.69, 9.17) is 0 Å². The standard InChI is InChI=1S/C4H3NOS/c7-4-5-2-1-3-6-4/h1-3H. The van der Waals surface area contributed by atoms with Crippen LogP contribution in [-0.2, 0) is 0 Å². The van der Waals surface area contributed by atoms with Crippen LogP contribution in [-0.4, -0.2) is 4.98 Å². The van der Waals surface area contributed by atoms with Crippen molar-refractivity contribution in [2.45, 2.75) is 0 Å². The fraction of sp³-hybridized carbons (Fsp3) is 0. The molecule has 0 aliphatic carbocycles. The maximum absolute atomic E-state index is 4.63. The topological polar surface area (TPSA) is 26.0 Å². The van der Waals surface area contributed by atoms with Gasteiger partial charge in [0.2, 0.25) is 0 Å². The van der Waals surface area contributed by atoms with Gasteiger partial charge in [-0.25, -0.2) is 4.98 Å². The maximum atomic E-state index is 4.63. The fourth-order valence-electron chi connectivity index (χ4n) is 0.267. The minimum absolute atomic E-state index is 0.280. The summed E-state index contributed by atoms with van der Waals surface area (Å²) in [5.74, 6) is 0. The molecule has 0 unspecified atom stereocenters. The SMILES string of the molecule is S=c1nccco1. The first-order valence-electron chi connectivity index (χ1n) is 1.79. The van der Waals surface area contributed by atoms with Crippen LogP contribution in [0.2, 0.25) is 0 Å². The van der Waals surface area contributed by atoms with E-state index < -0.39 is 0 Å². The quantitative estimate of drug-likeness (QED) is 0.476. The lowest BCUT2D eigenvalue weighted by atomic mass is 10.7. The van der Waals surface area contributed by atoms with Gasteiger partial charge in [-0.1, -0.05) is 0 Å². The molecule has 1 heterocycles. The van der Waals surface area contributed by atoms with E-state index in [1.165, 1.54) is 6.26 Å². The molecule has 0 radical (unpaired) electrons. The summed E-state index contributed by atoms with van der Waals surface area (Å²) < 4.78 is 4.63. The van der Waals surface area contributed by atoms with Gasteiger partial charge >= 0.3 is 0 Å². The van der Waals surface area contributed by atoms with Crippen LogP contribution in [0.5, 0.6) is 0 Å². The van der Waals surface area contributed by atoms with E-state index in [9.17, 15) is 0 Å². The molecule has 0 saturated heterocycles. The Kier molecular flexibility index (Phi) is 1.17. The van der Waals surface area contributed by atoms with Gasteiger partial charge in [0.1, 0.15) is 0 Å². The van der Waals surface area contributed by atoms with E-state index in [0.717, 1.165) is 0 Å². The Morgan fingerprint density at radius 2 is 2.57 bits per heavy atom. The normalized spacial score (nSPS) is 8.57. The van der Waals surface area contributed by atoms with Crippen LogP contribution in [0.1, 0.15) is 0 Å². The molecule has 0 aliphatic heterocycles. The van der Waals surface area contributed by atoms with Crippen LogP contribution in [0.15, 0.2) is 22.9 Å². The van der Waals surface area contributed by atoms with E-state index in [1.54, 1.807) is 12.3 Å². The van der Waals surface area contributed by atoms with E-state index in [0.29, 0.717) is 0 Å². The van der Waals surface area contributed by atoms with E-state index in [1.807, 2.05) is 0 Å². The first-order valence-corrected chi connectivity index (χ1v) is 2.20. The minimum atomic E-state index is 0.280. The van der Waals surface area contributed by atoms with Crippen LogP contribution in [0, 0.1) is 4.84 Å². The van der Waals surface area contributed by atoms with Crippen LogP contribution < -0.4 is 0 Å². The summed E-state index contributed by atoms with van der Waals surface area (Å²) in [5.41, 5.74) is 0. The maximum Gasteiger partial charge on any atom is 0.288 e. The summed E-state index contributed by atoms with van der Waals surface area (Å²) >= 11 is 4.53. The Bertz CT molecular complexity index is 177. The van der Waals surface area contributed by atoms with Gasteiger partial charge in [0.15, 0.2) is 0 Å². The lowest BCUT2D eigenvalue weighted by molar-refractivity contribution is 0.509. The molecular formula is C4H3NOS. The van der Waals surface area contributed by atoms with Crippen molar-refractivity contribution in [2.24, 2.45) is 0 Å². The lowest BCUT2D eigenvalue weighted by Crippen LogP contribution is -1.64. The van der Waals surface area contributed by atoms with Gasteiger partial charge in [-0.3, -0.25) is 0 Å². The molecule has 0 spiro atoms. The van der Waals surface area contributed by atoms with Crippen LogP contribution in [0.4, 0.5) is 0 Å². The van der Waals surface area contributed by atoms with Crippen LogP contribution in [0.25, 0.3) is 0 Å². The molecule has 1 aromatic heterocycles. The Morgan fingerprint density at radius 3 is 2.86 bits per heavy atom. The number of rotatable bonds is 0. The molecule has 0 bridgehead atoms. The zero-order chi connectivity index (χ0) is 5.11. The average molecular weight is 113 g/mol. The van der Waals surface area contributed by atoms with Crippen molar-refractivity contribution in [3.05, 3.63) is 23.4 Å². The molecule has 1 aromatic rings. The summed E-state index contributed by atoms with van der Waals surface area (Å²) in [4.78, 5) is 3.91. The molecular weight excluding hydrogens is 110 g/mol. The first kappa shape index (κ1) is 4.46. The summed E-state index contributed by atoms with van der Waals surface area (Å²) in [7, 11) is 0. The Labute approximate surface area is 45.8 Å². The van der Waals surface area contributed by atoms with E-state index in [-0.39, 0.29) is 4.84 Å². The molecule has 2 nitrogen and oxygen atoms in total. The van der Waals surface area contributed by atoms with Gasteiger partial charge in [-0.2, -0.15) is 0 Å². The van der Waals surface area contributed by atoms with Gasteiger partial charge < -0.3 is 4.42 Å². The highest BCUT2D eigenvalue weighted by atomic mass is 32.1. The number of hydrogen-bond donors (Lipinski definition) is 0. The summed E-state index contributed by atoms with van der Waals surface area (Å²) in [6.45, 7) is 0. The average Bonchev–Trinajstić information content (AvgIpc) is 1.69. The highest BCUT2D eigenvalue weighted by Crippen LogP contribution is 1.80. The molecule has 36 valence electrons. The third-order valence-corrected chi connectivity index (χ3v) is 0.715. The summed E-state index contributed by atoms with van der Waals surface area (Å²) in [6.07, 6.45) is 3.08. The third-order valence-electron chi connectivity index (χ3n) is 0.513. The molecule has 7 heavy (non-hydrogen) atoms. The highest BCUT2D eigenvalue weighted by Gasteiger charge is 1.69. The molecule has 0 N–H and O–H groups in total. The van der Waals surface area contributed by atoms with Gasteiger partial charge in [0, 0.05) is 6.20 Å². The second-order valence-electron chi connectivity index (χ2n) is 0.990. The van der Waals surface area contributed by atoms with Crippen molar-refractivity contribution >= 4 is 12.2 Å². The van der Waals surface area contributed by atoms with Crippen molar-refractivity contribution in [1.82, 2.24) is 4.98 Å². The zero-order valence-corrected chi connectivity index (χ0v) is 4.31. The van der Waals surface area contributed by atoms with Crippen molar-refractivity contribution in [3.63, 3.8) is 0 Å². The number of hydrogen-bond acceptors (Lipinski definition) is 3. The second kappa shape index (κ2) is 1.84. The Morgan fingerprint density at radius 1 is 1.71 bits per heavy atom. The van der Waals surface area contributed by atoms with Crippen molar-refractivity contribution < 1.29 is 4.42 Å². The Balaban J connectivity index is 3.28. The highest BCUT2D eigenvalue weighted by molar-refractivity contribution is 7.71. The number of nitrogens with zero attached hydrogens (tertiary/aromatic N) is 1. The molecule has 0 aliphatic rings. The predicted octanol–water partition coefficient (Wildman–Crippen LogP) is 1.40. The summed E-state index contributed by atoms with van der Waals surface area (Å²) in [5, 5.41) is 0. The molecule has 0 aromatic carbocycles. The molecule has 0 atom stereocenters. The summed E-state index contributed by atoms with van der Waals surface area (Å²) in [6, 6.07) is 1.68. The van der Waals surface area contributed by atoms with E-state index in [2.05, 4.69) is 21.6 Å².